The van der Waals surface area contributed by atoms with Crippen LogP contribution < -0.4 is 11.1 Å². The highest BCUT2D eigenvalue weighted by Crippen LogP contribution is 2.32. The van der Waals surface area contributed by atoms with Crippen molar-refractivity contribution >= 4 is 17.4 Å². The van der Waals surface area contributed by atoms with E-state index in [0.717, 1.165) is 18.6 Å². The summed E-state index contributed by atoms with van der Waals surface area (Å²) in [6.45, 7) is 2.77. The van der Waals surface area contributed by atoms with Crippen molar-refractivity contribution < 1.29 is 4.42 Å². The summed E-state index contributed by atoms with van der Waals surface area (Å²) in [6.07, 6.45) is 3.37. The second-order valence-corrected chi connectivity index (χ2v) is 5.65. The highest BCUT2D eigenvalue weighted by atomic mass is 35.5. The Morgan fingerprint density at radius 2 is 2.39 bits per heavy atom. The van der Waals surface area contributed by atoms with Gasteiger partial charge in [-0.25, -0.2) is 0 Å². The highest BCUT2D eigenvalue weighted by molar-refractivity contribution is 6.20. The lowest BCUT2D eigenvalue weighted by molar-refractivity contribution is 0.260. The molecule has 0 saturated heterocycles. The van der Waals surface area contributed by atoms with Crippen LogP contribution in [-0.4, -0.2) is 17.3 Å². The fraction of sp³-hybridized carbons (Fsp3) is 0.615. The summed E-state index contributed by atoms with van der Waals surface area (Å²) in [5.74, 6) is 1.62. The van der Waals surface area contributed by atoms with Crippen molar-refractivity contribution in [3.8, 4) is 0 Å². The van der Waals surface area contributed by atoms with E-state index in [-0.39, 0.29) is 23.2 Å². The van der Waals surface area contributed by atoms with Crippen molar-refractivity contribution in [2.45, 2.75) is 37.7 Å². The molecule has 0 radical (unpaired) electrons. The summed E-state index contributed by atoms with van der Waals surface area (Å²) < 4.78 is 5.29. The first-order valence-corrected chi connectivity index (χ1v) is 6.75. The van der Waals surface area contributed by atoms with Crippen LogP contribution in [0.3, 0.4) is 0 Å². The van der Waals surface area contributed by atoms with E-state index in [4.69, 9.17) is 27.2 Å². The van der Waals surface area contributed by atoms with Crippen LogP contribution in [0.5, 0.6) is 0 Å². The van der Waals surface area contributed by atoms with E-state index in [9.17, 15) is 0 Å². The van der Waals surface area contributed by atoms with Crippen LogP contribution in [0.15, 0.2) is 22.8 Å². The zero-order valence-electron chi connectivity index (χ0n) is 10.5. The summed E-state index contributed by atoms with van der Waals surface area (Å²) >= 11 is 6.32. The largest absolute Gasteiger partial charge is 0.468 e. The lowest BCUT2D eigenvalue weighted by Gasteiger charge is -2.37. The molecule has 0 spiro atoms. The third kappa shape index (κ3) is 3.06. The third-order valence-electron chi connectivity index (χ3n) is 3.73. The lowest BCUT2D eigenvalue weighted by Crippen LogP contribution is -2.48. The maximum atomic E-state index is 7.70. The van der Waals surface area contributed by atoms with Gasteiger partial charge in [0, 0.05) is 17.3 Å². The molecule has 1 saturated carbocycles. The third-order valence-corrected chi connectivity index (χ3v) is 4.33. The van der Waals surface area contributed by atoms with Crippen molar-refractivity contribution in [2.75, 3.05) is 0 Å². The number of rotatable bonds is 4. The molecule has 100 valence electrons. The predicted octanol–water partition coefficient (Wildman–Crippen LogP) is 2.33. The highest BCUT2D eigenvalue weighted by Gasteiger charge is 2.35. The van der Waals surface area contributed by atoms with Gasteiger partial charge in [0.1, 0.15) is 5.76 Å². The minimum atomic E-state index is 0.0740. The fourth-order valence-corrected chi connectivity index (χ4v) is 2.86. The number of hydrogen-bond donors (Lipinski definition) is 3. The van der Waals surface area contributed by atoms with Gasteiger partial charge in [0.15, 0.2) is 0 Å². The topological polar surface area (TPSA) is 75.0 Å². The Hall–Kier alpha value is -1.00. The van der Waals surface area contributed by atoms with Crippen molar-refractivity contribution in [3.63, 3.8) is 0 Å². The van der Waals surface area contributed by atoms with Gasteiger partial charge in [-0.3, -0.25) is 5.41 Å². The summed E-state index contributed by atoms with van der Waals surface area (Å²) in [5.41, 5.74) is 5.69. The van der Waals surface area contributed by atoms with E-state index < -0.39 is 0 Å². The van der Waals surface area contributed by atoms with Gasteiger partial charge in [-0.15, -0.1) is 11.6 Å². The molecule has 18 heavy (non-hydrogen) atoms. The van der Waals surface area contributed by atoms with Gasteiger partial charge in [-0.1, -0.05) is 6.92 Å². The number of halogens is 1. The number of nitrogens with two attached hydrogens (primary N) is 1. The molecule has 1 aromatic rings. The van der Waals surface area contributed by atoms with Crippen LogP contribution in [0.1, 0.15) is 25.5 Å². The van der Waals surface area contributed by atoms with Crippen LogP contribution in [0, 0.1) is 17.2 Å². The maximum Gasteiger partial charge on any atom is 0.117 e. The number of hydrogen-bond acceptors (Lipinski definition) is 3. The Bertz CT molecular complexity index is 393. The van der Waals surface area contributed by atoms with E-state index in [1.807, 2.05) is 12.1 Å². The van der Waals surface area contributed by atoms with Crippen molar-refractivity contribution in [1.29, 1.82) is 5.41 Å². The summed E-state index contributed by atoms with van der Waals surface area (Å²) in [7, 11) is 0. The van der Waals surface area contributed by atoms with Crippen LogP contribution >= 0.6 is 11.6 Å². The summed E-state index contributed by atoms with van der Waals surface area (Å²) in [4.78, 5) is 0. The van der Waals surface area contributed by atoms with Crippen molar-refractivity contribution in [1.82, 2.24) is 5.32 Å². The molecule has 4 atom stereocenters. The van der Waals surface area contributed by atoms with Gasteiger partial charge in [-0.2, -0.15) is 0 Å². The Balaban J connectivity index is 1.97. The van der Waals surface area contributed by atoms with E-state index in [2.05, 4.69) is 12.2 Å². The molecule has 1 fully saturated rings. The maximum absolute atomic E-state index is 7.70. The Morgan fingerprint density at radius 3 is 3.00 bits per heavy atom. The molecule has 0 amide bonds. The second kappa shape index (κ2) is 5.76. The molecular formula is C13H20ClN3O. The quantitative estimate of drug-likeness (QED) is 0.446. The fourth-order valence-electron chi connectivity index (χ4n) is 2.57. The van der Waals surface area contributed by atoms with Crippen molar-refractivity contribution in [3.05, 3.63) is 24.2 Å². The Labute approximate surface area is 112 Å². The molecule has 5 heteroatoms. The first-order chi connectivity index (χ1) is 8.58. The van der Waals surface area contributed by atoms with Gasteiger partial charge in [-0.05, 0) is 30.9 Å². The first-order valence-electron chi connectivity index (χ1n) is 6.31. The average molecular weight is 270 g/mol. The number of alkyl halides is 1. The Morgan fingerprint density at radius 1 is 1.61 bits per heavy atom. The molecule has 4 N–H and O–H groups in total. The molecule has 1 aliphatic rings. The normalized spacial score (nSPS) is 32.3. The summed E-state index contributed by atoms with van der Waals surface area (Å²) in [6, 6.07) is 3.96. The van der Waals surface area contributed by atoms with Gasteiger partial charge < -0.3 is 15.5 Å². The summed E-state index contributed by atoms with van der Waals surface area (Å²) in [5, 5.41) is 11.3. The molecular weight excluding hydrogens is 250 g/mol. The molecule has 4 nitrogen and oxygen atoms in total. The number of amidine groups is 1. The van der Waals surface area contributed by atoms with Gasteiger partial charge in [0.05, 0.1) is 18.6 Å². The molecule has 1 aromatic heterocycles. The number of nitrogens with one attached hydrogen (secondary N) is 2. The predicted molar refractivity (Wildman–Crippen MR) is 72.8 cm³/mol. The average Bonchev–Trinajstić information content (AvgIpc) is 2.83. The van der Waals surface area contributed by atoms with E-state index in [0.29, 0.717) is 12.5 Å². The van der Waals surface area contributed by atoms with Crippen molar-refractivity contribution in [2.24, 2.45) is 17.6 Å². The zero-order chi connectivity index (χ0) is 13.1. The molecule has 2 rings (SSSR count). The van der Waals surface area contributed by atoms with E-state index in [1.54, 1.807) is 6.26 Å². The second-order valence-electron chi connectivity index (χ2n) is 5.09. The van der Waals surface area contributed by atoms with Crippen LogP contribution in [0.25, 0.3) is 0 Å². The smallest absolute Gasteiger partial charge is 0.117 e. The van der Waals surface area contributed by atoms with Crippen LogP contribution in [0.2, 0.25) is 0 Å². The minimum Gasteiger partial charge on any atom is -0.468 e. The van der Waals surface area contributed by atoms with Gasteiger partial charge >= 0.3 is 0 Å². The van der Waals surface area contributed by atoms with E-state index in [1.165, 1.54) is 0 Å². The molecule has 0 aliphatic heterocycles. The van der Waals surface area contributed by atoms with Gasteiger partial charge in [0.25, 0.3) is 0 Å². The minimum absolute atomic E-state index is 0.0740. The molecule has 1 aliphatic carbocycles. The standard InChI is InChI=1S/C13H20ClN3O/c1-8-5-10(13(15)16)12(6-11(8)14)17-7-9-3-2-4-18-9/h2-4,8,10-12,17H,5-7H2,1H3,(H3,15,16). The van der Waals surface area contributed by atoms with E-state index >= 15 is 0 Å². The monoisotopic (exact) mass is 269 g/mol. The Kier molecular flexibility index (Phi) is 4.30. The molecule has 1 heterocycles. The zero-order valence-corrected chi connectivity index (χ0v) is 11.3. The van der Waals surface area contributed by atoms with Crippen LogP contribution in [0.4, 0.5) is 0 Å². The number of furan rings is 1. The van der Waals surface area contributed by atoms with Crippen LogP contribution in [-0.2, 0) is 6.54 Å². The molecule has 0 aromatic carbocycles. The van der Waals surface area contributed by atoms with Gasteiger partial charge in [0.2, 0.25) is 0 Å². The first kappa shape index (κ1) is 13.4. The lowest BCUT2D eigenvalue weighted by atomic mass is 9.78. The molecule has 4 unspecified atom stereocenters. The molecule has 0 bridgehead atoms. The SMILES string of the molecule is CC1CC(C(=N)N)C(NCc2ccco2)CC1Cl.